The van der Waals surface area contributed by atoms with Crippen molar-refractivity contribution in [3.05, 3.63) is 23.8 Å². The second-order valence-corrected chi connectivity index (χ2v) is 12.8. The molecule has 0 saturated carbocycles. The van der Waals surface area contributed by atoms with Gasteiger partial charge in [-0.15, -0.1) is 0 Å². The van der Waals surface area contributed by atoms with Crippen LogP contribution in [0.25, 0.3) is 0 Å². The lowest BCUT2D eigenvalue weighted by atomic mass is 10.0. The number of carbonyl (C=O) groups excluding carboxylic acids is 5. The maximum Gasteiger partial charge on any atom is 0.329 e. The molecule has 222 valence electrons. The summed E-state index contributed by atoms with van der Waals surface area (Å²) in [5, 5.41) is 8.16. The van der Waals surface area contributed by atoms with E-state index >= 15 is 0 Å². The zero-order chi connectivity index (χ0) is 30.3. The third kappa shape index (κ3) is 14.1. The molecule has 0 aliphatic carbocycles. The fraction of sp³-hybridized carbons (Fsp3) is 0.679. The summed E-state index contributed by atoms with van der Waals surface area (Å²) >= 11 is 0. The molecule has 0 aliphatic heterocycles. The van der Waals surface area contributed by atoms with Crippen LogP contribution >= 0.6 is 21.6 Å². The van der Waals surface area contributed by atoms with Crippen molar-refractivity contribution < 1.29 is 28.7 Å². The molecule has 0 fully saturated rings. The summed E-state index contributed by atoms with van der Waals surface area (Å²) in [6, 6.07) is -2.43. The normalized spacial score (nSPS) is 14.7. The molecule has 0 heterocycles. The van der Waals surface area contributed by atoms with Gasteiger partial charge in [-0.05, 0) is 51.5 Å². The molecule has 0 saturated heterocycles. The van der Waals surface area contributed by atoms with E-state index in [1.165, 1.54) is 17.7 Å². The molecule has 3 N–H and O–H groups in total. The minimum atomic E-state index is -0.914. The van der Waals surface area contributed by atoms with Gasteiger partial charge < -0.3 is 20.7 Å². The number of rotatable bonds is 18. The molecule has 39 heavy (non-hydrogen) atoms. The number of ether oxygens (including phenoxy) is 1. The molecule has 0 rings (SSSR count). The number of Topliss-reactive ketones (excluding diaryl/α,β-unsaturated/α-hetero) is 1. The first-order valence-corrected chi connectivity index (χ1v) is 15.8. The molecule has 4 atom stereocenters. The molecule has 0 aromatic carbocycles. The largest absolute Gasteiger partial charge is 0.461 e. The van der Waals surface area contributed by atoms with Crippen LogP contribution in [0.2, 0.25) is 0 Å². The first-order valence-electron chi connectivity index (χ1n) is 13.3. The van der Waals surface area contributed by atoms with Crippen LogP contribution in [0, 0.1) is 11.8 Å². The van der Waals surface area contributed by atoms with Crippen LogP contribution in [0.15, 0.2) is 23.8 Å². The highest BCUT2D eigenvalue weighted by Gasteiger charge is 2.31. The summed E-state index contributed by atoms with van der Waals surface area (Å²) in [6.07, 6.45) is 1.67. The SMILES string of the molecule is C=C(C)C(=CC)C(=O)NC(C(=O)OC(C)CC(=O)NC(C(=O)NC(CSSCCC)C(C)=O)C(C)C)C(C)C. The molecule has 11 heteroatoms. The van der Waals surface area contributed by atoms with E-state index < -0.39 is 47.9 Å². The van der Waals surface area contributed by atoms with E-state index in [0.29, 0.717) is 16.9 Å². The summed E-state index contributed by atoms with van der Waals surface area (Å²) in [5.74, 6) is -1.26. The second kappa shape index (κ2) is 18.9. The maximum atomic E-state index is 13.0. The Morgan fingerprint density at radius 3 is 1.95 bits per heavy atom. The first kappa shape index (κ1) is 36.7. The number of amides is 3. The Labute approximate surface area is 241 Å². The van der Waals surface area contributed by atoms with E-state index in [4.69, 9.17) is 4.74 Å². The molecule has 4 unspecified atom stereocenters. The smallest absolute Gasteiger partial charge is 0.329 e. The monoisotopic (exact) mass is 585 g/mol. The van der Waals surface area contributed by atoms with Crippen molar-refractivity contribution >= 4 is 51.1 Å². The molecular weight excluding hydrogens is 538 g/mol. The van der Waals surface area contributed by atoms with Gasteiger partial charge >= 0.3 is 5.97 Å². The Balaban J connectivity index is 5.17. The predicted octanol–water partition coefficient (Wildman–Crippen LogP) is 3.98. The number of ketones is 1. The standard InChI is InChI=1S/C28H47N3O6S2/c1-11-13-38-39-15-22(20(10)32)29-27(35)24(17(5)6)30-23(33)14-19(9)37-28(36)25(18(7)8)31-26(34)21(12-2)16(3)4/h12,17-19,22,24-25H,3,11,13-15H2,1-2,4-10H3,(H,29,35)(H,30,33)(H,31,34). The average Bonchev–Trinajstić information content (AvgIpc) is 2.82. The van der Waals surface area contributed by atoms with Crippen molar-refractivity contribution in [1.29, 1.82) is 0 Å². The highest BCUT2D eigenvalue weighted by molar-refractivity contribution is 8.76. The van der Waals surface area contributed by atoms with E-state index in [2.05, 4.69) is 29.5 Å². The second-order valence-electron chi connectivity index (χ2n) is 10.2. The van der Waals surface area contributed by atoms with Gasteiger partial charge in [0.2, 0.25) is 11.8 Å². The van der Waals surface area contributed by atoms with Gasteiger partial charge in [-0.3, -0.25) is 19.2 Å². The minimum Gasteiger partial charge on any atom is -0.461 e. The summed E-state index contributed by atoms with van der Waals surface area (Å²) in [7, 11) is 3.17. The van der Waals surface area contributed by atoms with Crippen LogP contribution in [0.4, 0.5) is 0 Å². The molecule has 0 radical (unpaired) electrons. The van der Waals surface area contributed by atoms with Crippen LogP contribution in [-0.2, 0) is 28.7 Å². The molecule has 0 aromatic rings. The van der Waals surface area contributed by atoms with Crippen LogP contribution in [0.3, 0.4) is 0 Å². The molecule has 0 aromatic heterocycles. The van der Waals surface area contributed by atoms with Gasteiger partial charge in [0.05, 0.1) is 12.5 Å². The lowest BCUT2D eigenvalue weighted by Gasteiger charge is -2.26. The summed E-state index contributed by atoms with van der Waals surface area (Å²) in [5.41, 5.74) is 0.951. The van der Waals surface area contributed by atoms with Gasteiger partial charge in [0.1, 0.15) is 18.2 Å². The van der Waals surface area contributed by atoms with Crippen molar-refractivity contribution in [3.8, 4) is 0 Å². The predicted molar refractivity (Wildman–Crippen MR) is 160 cm³/mol. The van der Waals surface area contributed by atoms with Crippen LogP contribution in [0.1, 0.15) is 75.2 Å². The molecule has 9 nitrogen and oxygen atoms in total. The van der Waals surface area contributed by atoms with Gasteiger partial charge in [0.25, 0.3) is 5.91 Å². The topological polar surface area (TPSA) is 131 Å². The number of esters is 1. The fourth-order valence-corrected chi connectivity index (χ4v) is 5.80. The number of nitrogens with one attached hydrogen (secondary N) is 3. The summed E-state index contributed by atoms with van der Waals surface area (Å²) in [4.78, 5) is 63.2. The number of carbonyl (C=O) groups is 5. The Hall–Kier alpha value is -2.27. The molecule has 0 bridgehead atoms. The van der Waals surface area contributed by atoms with Crippen molar-refractivity contribution in [3.63, 3.8) is 0 Å². The third-order valence-electron chi connectivity index (χ3n) is 5.67. The van der Waals surface area contributed by atoms with Crippen molar-refractivity contribution in [1.82, 2.24) is 16.0 Å². The summed E-state index contributed by atoms with van der Waals surface area (Å²) in [6.45, 7) is 19.4. The first-order chi connectivity index (χ1) is 18.2. The molecule has 0 aliphatic rings. The van der Waals surface area contributed by atoms with Gasteiger partial charge in [0, 0.05) is 17.1 Å². The Morgan fingerprint density at radius 2 is 1.49 bits per heavy atom. The number of allylic oxidation sites excluding steroid dienone is 1. The van der Waals surface area contributed by atoms with Gasteiger partial charge in [-0.25, -0.2) is 4.79 Å². The number of hydrogen-bond donors (Lipinski definition) is 3. The highest BCUT2D eigenvalue weighted by Crippen LogP contribution is 2.23. The highest BCUT2D eigenvalue weighted by atomic mass is 33.1. The van der Waals surface area contributed by atoms with E-state index in [1.807, 2.05) is 0 Å². The van der Waals surface area contributed by atoms with E-state index in [1.54, 1.807) is 65.3 Å². The minimum absolute atomic E-state index is 0.154. The van der Waals surface area contributed by atoms with Crippen molar-refractivity contribution in [2.75, 3.05) is 11.5 Å². The lowest BCUT2D eigenvalue weighted by molar-refractivity contribution is -0.154. The average molecular weight is 586 g/mol. The van der Waals surface area contributed by atoms with E-state index in [9.17, 15) is 24.0 Å². The molecular formula is C28H47N3O6S2. The van der Waals surface area contributed by atoms with Crippen LogP contribution in [-0.4, -0.2) is 65.2 Å². The third-order valence-corrected chi connectivity index (χ3v) is 8.29. The number of hydrogen-bond acceptors (Lipinski definition) is 8. The quantitative estimate of drug-likeness (QED) is 0.0724. The lowest BCUT2D eigenvalue weighted by Crippen LogP contribution is -2.54. The Kier molecular flexibility index (Phi) is 17.8. The summed E-state index contributed by atoms with van der Waals surface area (Å²) < 4.78 is 5.48. The maximum absolute atomic E-state index is 13.0. The van der Waals surface area contributed by atoms with Gasteiger partial charge in [0.15, 0.2) is 5.78 Å². The van der Waals surface area contributed by atoms with Crippen LogP contribution in [0.5, 0.6) is 0 Å². The van der Waals surface area contributed by atoms with Gasteiger partial charge in [-0.2, -0.15) is 0 Å². The zero-order valence-electron chi connectivity index (χ0n) is 24.8. The van der Waals surface area contributed by atoms with Gasteiger partial charge in [-0.1, -0.05) is 68.9 Å². The Bertz CT molecular complexity index is 904. The molecule has 3 amide bonds. The van der Waals surface area contributed by atoms with Crippen LogP contribution < -0.4 is 16.0 Å². The zero-order valence-corrected chi connectivity index (χ0v) is 26.5. The van der Waals surface area contributed by atoms with E-state index in [0.717, 1.165) is 12.2 Å². The fourth-order valence-electron chi connectivity index (χ4n) is 3.41. The molecule has 0 spiro atoms. The van der Waals surface area contributed by atoms with Crippen molar-refractivity contribution in [2.24, 2.45) is 11.8 Å². The van der Waals surface area contributed by atoms with E-state index in [-0.39, 0.29) is 24.0 Å². The van der Waals surface area contributed by atoms with Crippen molar-refractivity contribution in [2.45, 2.75) is 99.4 Å². The Morgan fingerprint density at radius 1 is 0.897 bits per heavy atom.